The fourth-order valence-corrected chi connectivity index (χ4v) is 3.51. The zero-order chi connectivity index (χ0) is 20.4. The molecule has 1 aliphatic rings. The van der Waals surface area contributed by atoms with Gasteiger partial charge in [0.15, 0.2) is 11.5 Å². The van der Waals surface area contributed by atoms with Crippen LogP contribution in [0.15, 0.2) is 47.7 Å². The van der Waals surface area contributed by atoms with E-state index in [1.54, 1.807) is 28.4 Å². The van der Waals surface area contributed by atoms with Crippen molar-refractivity contribution in [1.82, 2.24) is 14.8 Å². The first kappa shape index (κ1) is 18.8. The van der Waals surface area contributed by atoms with Crippen LogP contribution in [0.5, 0.6) is 23.0 Å². The second-order valence-electron chi connectivity index (χ2n) is 6.46. The van der Waals surface area contributed by atoms with Crippen molar-refractivity contribution in [2.45, 2.75) is 12.5 Å². The summed E-state index contributed by atoms with van der Waals surface area (Å²) in [6.45, 7) is 0. The number of methoxy groups -OCH3 is 4. The number of fused-ring (bicyclic) bond motifs is 1. The first-order valence-electron chi connectivity index (χ1n) is 9.10. The SMILES string of the molecule is COc1ccc(C2CC(c3ccc(OC)c(OC)c3)=Nc3ncnn32)c(OC)c1. The number of benzene rings is 2. The van der Waals surface area contributed by atoms with Gasteiger partial charge in [0.25, 0.3) is 0 Å². The summed E-state index contributed by atoms with van der Waals surface area (Å²) in [4.78, 5) is 9.03. The van der Waals surface area contributed by atoms with E-state index >= 15 is 0 Å². The molecule has 0 fully saturated rings. The number of hydrogen-bond acceptors (Lipinski definition) is 7. The Bertz CT molecular complexity index is 1060. The minimum Gasteiger partial charge on any atom is -0.497 e. The second kappa shape index (κ2) is 7.83. The minimum absolute atomic E-state index is 0.117. The van der Waals surface area contributed by atoms with Crippen molar-refractivity contribution in [2.75, 3.05) is 28.4 Å². The summed E-state index contributed by atoms with van der Waals surface area (Å²) in [5.74, 6) is 3.32. The van der Waals surface area contributed by atoms with Crippen molar-refractivity contribution in [2.24, 2.45) is 4.99 Å². The number of hydrogen-bond donors (Lipinski definition) is 0. The van der Waals surface area contributed by atoms with Gasteiger partial charge < -0.3 is 18.9 Å². The first-order valence-corrected chi connectivity index (χ1v) is 9.10. The van der Waals surface area contributed by atoms with Gasteiger partial charge >= 0.3 is 0 Å². The summed E-state index contributed by atoms with van der Waals surface area (Å²) >= 11 is 0. The highest BCUT2D eigenvalue weighted by molar-refractivity contribution is 6.03. The van der Waals surface area contributed by atoms with Crippen LogP contribution in [0.3, 0.4) is 0 Å². The van der Waals surface area contributed by atoms with E-state index in [0.29, 0.717) is 23.9 Å². The molecule has 0 radical (unpaired) electrons. The van der Waals surface area contributed by atoms with Gasteiger partial charge in [-0.1, -0.05) is 0 Å². The van der Waals surface area contributed by atoms with Crippen LogP contribution in [-0.4, -0.2) is 48.9 Å². The lowest BCUT2D eigenvalue weighted by Gasteiger charge is -2.25. The van der Waals surface area contributed by atoms with E-state index in [-0.39, 0.29) is 6.04 Å². The molecule has 1 aliphatic heterocycles. The smallest absolute Gasteiger partial charge is 0.248 e. The highest BCUT2D eigenvalue weighted by Crippen LogP contribution is 2.39. The molecule has 8 heteroatoms. The molecule has 0 spiro atoms. The number of nitrogens with zero attached hydrogens (tertiary/aromatic N) is 4. The molecule has 0 saturated carbocycles. The highest BCUT2D eigenvalue weighted by atomic mass is 16.5. The molecule has 29 heavy (non-hydrogen) atoms. The van der Waals surface area contributed by atoms with E-state index < -0.39 is 0 Å². The van der Waals surface area contributed by atoms with Gasteiger partial charge in [-0.15, -0.1) is 0 Å². The van der Waals surface area contributed by atoms with Gasteiger partial charge in [0, 0.05) is 23.6 Å². The molecule has 2 aromatic carbocycles. The average Bonchev–Trinajstić information content (AvgIpc) is 3.26. The number of rotatable bonds is 6. The van der Waals surface area contributed by atoms with E-state index in [2.05, 4.69) is 10.1 Å². The van der Waals surface area contributed by atoms with Crippen LogP contribution < -0.4 is 18.9 Å². The molecular weight excluding hydrogens is 372 g/mol. The molecule has 0 amide bonds. The summed E-state index contributed by atoms with van der Waals surface area (Å²) in [5, 5.41) is 4.39. The van der Waals surface area contributed by atoms with E-state index in [4.69, 9.17) is 23.9 Å². The van der Waals surface area contributed by atoms with Crippen LogP contribution in [0.1, 0.15) is 23.6 Å². The van der Waals surface area contributed by atoms with Gasteiger partial charge in [0.1, 0.15) is 17.8 Å². The molecule has 0 N–H and O–H groups in total. The Morgan fingerprint density at radius 2 is 1.66 bits per heavy atom. The van der Waals surface area contributed by atoms with Crippen molar-refractivity contribution in [3.05, 3.63) is 53.9 Å². The molecule has 0 saturated heterocycles. The van der Waals surface area contributed by atoms with Crippen LogP contribution in [0.2, 0.25) is 0 Å². The van der Waals surface area contributed by atoms with Gasteiger partial charge in [-0.2, -0.15) is 10.1 Å². The molecule has 150 valence electrons. The van der Waals surface area contributed by atoms with Crippen LogP contribution in [-0.2, 0) is 0 Å². The summed E-state index contributed by atoms with van der Waals surface area (Å²) in [6.07, 6.45) is 2.13. The van der Waals surface area contributed by atoms with Crippen LogP contribution in [0, 0.1) is 0 Å². The Morgan fingerprint density at radius 1 is 0.862 bits per heavy atom. The molecule has 1 aromatic heterocycles. The lowest BCUT2D eigenvalue weighted by Crippen LogP contribution is -2.21. The highest BCUT2D eigenvalue weighted by Gasteiger charge is 2.29. The number of aromatic nitrogens is 3. The fraction of sp³-hybridized carbons (Fsp3) is 0.286. The maximum atomic E-state index is 5.62. The molecule has 2 heterocycles. The summed E-state index contributed by atoms with van der Waals surface area (Å²) in [5.41, 5.74) is 2.80. The Labute approximate surface area is 168 Å². The summed E-state index contributed by atoms with van der Waals surface area (Å²) in [6, 6.07) is 11.4. The lowest BCUT2D eigenvalue weighted by molar-refractivity contribution is 0.355. The molecule has 8 nitrogen and oxygen atoms in total. The molecular formula is C21H22N4O4. The monoisotopic (exact) mass is 394 g/mol. The van der Waals surface area contributed by atoms with Crippen molar-refractivity contribution in [3.8, 4) is 23.0 Å². The van der Waals surface area contributed by atoms with Gasteiger partial charge in [-0.3, -0.25) is 0 Å². The quantitative estimate of drug-likeness (QED) is 0.637. The molecule has 0 aliphatic carbocycles. The molecule has 1 atom stereocenters. The standard InChI is InChI=1S/C21H22N4O4/c1-26-14-6-7-15(19(10-14)28-3)17-11-16(24-21-22-12-23-25(17)21)13-5-8-18(27-2)20(9-13)29-4/h5-10,12,17H,11H2,1-4H3. The largest absolute Gasteiger partial charge is 0.497 e. The van der Waals surface area contributed by atoms with Crippen LogP contribution in [0.4, 0.5) is 5.95 Å². The zero-order valence-electron chi connectivity index (χ0n) is 16.7. The normalized spacial score (nSPS) is 15.3. The van der Waals surface area contributed by atoms with E-state index in [9.17, 15) is 0 Å². The molecule has 4 rings (SSSR count). The lowest BCUT2D eigenvalue weighted by atomic mass is 9.95. The van der Waals surface area contributed by atoms with Crippen molar-refractivity contribution < 1.29 is 18.9 Å². The minimum atomic E-state index is -0.117. The topological polar surface area (TPSA) is 80.0 Å². The van der Waals surface area contributed by atoms with Gasteiger partial charge in [-0.05, 0) is 30.3 Å². The summed E-state index contributed by atoms with van der Waals surface area (Å²) < 4.78 is 23.6. The maximum Gasteiger partial charge on any atom is 0.248 e. The van der Waals surface area contributed by atoms with Gasteiger partial charge in [0.05, 0.1) is 40.2 Å². The van der Waals surface area contributed by atoms with Crippen molar-refractivity contribution in [3.63, 3.8) is 0 Å². The third-order valence-corrected chi connectivity index (χ3v) is 4.99. The van der Waals surface area contributed by atoms with Crippen molar-refractivity contribution in [1.29, 1.82) is 0 Å². The Morgan fingerprint density at radius 3 is 2.38 bits per heavy atom. The number of aliphatic imine (C=N–C) groups is 1. The first-order chi connectivity index (χ1) is 14.2. The Kier molecular flexibility index (Phi) is 5.07. The predicted molar refractivity (Wildman–Crippen MR) is 108 cm³/mol. The van der Waals surface area contributed by atoms with Crippen LogP contribution >= 0.6 is 0 Å². The third-order valence-electron chi connectivity index (χ3n) is 4.99. The third kappa shape index (κ3) is 3.37. The van der Waals surface area contributed by atoms with E-state index in [1.165, 1.54) is 6.33 Å². The fourth-order valence-electron chi connectivity index (χ4n) is 3.51. The van der Waals surface area contributed by atoms with Gasteiger partial charge in [-0.25, -0.2) is 9.67 Å². The second-order valence-corrected chi connectivity index (χ2v) is 6.46. The molecule has 1 unspecified atom stereocenters. The Hall–Kier alpha value is -3.55. The summed E-state index contributed by atoms with van der Waals surface area (Å²) in [7, 11) is 6.51. The number of ether oxygens (including phenoxy) is 4. The van der Waals surface area contributed by atoms with Gasteiger partial charge in [0.2, 0.25) is 5.95 Å². The zero-order valence-corrected chi connectivity index (χ0v) is 16.7. The maximum absolute atomic E-state index is 5.62. The average molecular weight is 394 g/mol. The van der Waals surface area contributed by atoms with E-state index in [0.717, 1.165) is 28.3 Å². The molecule has 0 bridgehead atoms. The predicted octanol–water partition coefficient (Wildman–Crippen LogP) is 3.43. The van der Waals surface area contributed by atoms with E-state index in [1.807, 2.05) is 41.1 Å². The van der Waals surface area contributed by atoms with Crippen LogP contribution in [0.25, 0.3) is 0 Å². The Balaban J connectivity index is 1.78. The van der Waals surface area contributed by atoms with Crippen molar-refractivity contribution >= 4 is 11.7 Å². The molecule has 3 aromatic rings.